The summed E-state index contributed by atoms with van der Waals surface area (Å²) >= 11 is 7.47. The number of thiophene rings is 1. The normalized spacial score (nSPS) is 19.0. The van der Waals surface area contributed by atoms with Gasteiger partial charge in [0.05, 0.1) is 16.3 Å². The number of piperazine rings is 1. The van der Waals surface area contributed by atoms with E-state index in [1.165, 1.54) is 11.3 Å². The van der Waals surface area contributed by atoms with Crippen LogP contribution in [0.1, 0.15) is 29.3 Å². The molecule has 2 unspecified atom stereocenters. The van der Waals surface area contributed by atoms with E-state index in [4.69, 9.17) is 11.6 Å². The summed E-state index contributed by atoms with van der Waals surface area (Å²) in [7, 11) is 0. The number of nitrogens with one attached hydrogen (secondary N) is 1. The second-order valence-electron chi connectivity index (χ2n) is 5.40. The number of halogens is 2. The van der Waals surface area contributed by atoms with Gasteiger partial charge in [-0.15, -0.1) is 23.7 Å². The maximum Gasteiger partial charge on any atom is 0.231 e. The SMILES string of the molecule is CC(C(=O)N1CCNCC1c1cccnc1)c1ccc(Cl)s1.Cl. The van der Waals surface area contributed by atoms with Gasteiger partial charge >= 0.3 is 0 Å². The summed E-state index contributed by atoms with van der Waals surface area (Å²) in [6.45, 7) is 4.24. The Morgan fingerprint density at radius 2 is 2.30 bits per heavy atom. The third-order valence-corrected chi connectivity index (χ3v) is 5.40. The molecule has 0 aliphatic carbocycles. The number of carbonyl (C=O) groups is 1. The fraction of sp³-hybridized carbons (Fsp3) is 0.375. The maximum absolute atomic E-state index is 12.9. The summed E-state index contributed by atoms with van der Waals surface area (Å²) in [4.78, 5) is 20.1. The fourth-order valence-corrected chi connectivity index (χ4v) is 3.88. The number of aromatic nitrogens is 1. The first-order valence-electron chi connectivity index (χ1n) is 7.33. The first-order valence-corrected chi connectivity index (χ1v) is 8.52. The molecule has 1 fully saturated rings. The van der Waals surface area contributed by atoms with Gasteiger partial charge in [-0.05, 0) is 30.7 Å². The number of pyridine rings is 1. The number of carbonyl (C=O) groups excluding carboxylic acids is 1. The zero-order valence-electron chi connectivity index (χ0n) is 12.7. The molecule has 23 heavy (non-hydrogen) atoms. The zero-order valence-corrected chi connectivity index (χ0v) is 15.1. The molecule has 7 heteroatoms. The van der Waals surface area contributed by atoms with E-state index in [1.54, 1.807) is 6.20 Å². The van der Waals surface area contributed by atoms with Gasteiger partial charge in [0, 0.05) is 36.9 Å². The monoisotopic (exact) mass is 371 g/mol. The summed E-state index contributed by atoms with van der Waals surface area (Å²) in [5.41, 5.74) is 1.07. The van der Waals surface area contributed by atoms with E-state index in [1.807, 2.05) is 42.3 Å². The number of hydrogen-bond acceptors (Lipinski definition) is 4. The minimum absolute atomic E-state index is 0. The van der Waals surface area contributed by atoms with E-state index in [0.29, 0.717) is 6.54 Å². The highest BCUT2D eigenvalue weighted by molar-refractivity contribution is 7.16. The average molecular weight is 372 g/mol. The van der Waals surface area contributed by atoms with Gasteiger partial charge in [-0.2, -0.15) is 0 Å². The van der Waals surface area contributed by atoms with Gasteiger partial charge in [0.1, 0.15) is 0 Å². The molecular weight excluding hydrogens is 353 g/mol. The van der Waals surface area contributed by atoms with Gasteiger partial charge in [-0.1, -0.05) is 17.7 Å². The molecule has 0 radical (unpaired) electrons. The number of rotatable bonds is 3. The second kappa shape index (κ2) is 8.11. The molecule has 1 amide bonds. The largest absolute Gasteiger partial charge is 0.332 e. The lowest BCUT2D eigenvalue weighted by molar-refractivity contribution is -0.135. The molecule has 3 rings (SSSR count). The first kappa shape index (κ1) is 18.2. The standard InChI is InChI=1S/C16H18ClN3OS.ClH/c1-11(14-4-5-15(17)22-14)16(21)20-8-7-19-10-13(20)12-3-2-6-18-9-12;/h2-6,9,11,13,19H,7-8,10H2,1H3;1H. The van der Waals surface area contributed by atoms with Crippen LogP contribution in [0.4, 0.5) is 0 Å². The molecule has 1 aliphatic heterocycles. The van der Waals surface area contributed by atoms with Crippen molar-refractivity contribution in [1.29, 1.82) is 0 Å². The van der Waals surface area contributed by atoms with Crippen LogP contribution in [0.3, 0.4) is 0 Å². The number of hydrogen-bond donors (Lipinski definition) is 1. The highest BCUT2D eigenvalue weighted by Crippen LogP contribution is 2.31. The Morgan fingerprint density at radius 3 is 2.96 bits per heavy atom. The highest BCUT2D eigenvalue weighted by atomic mass is 35.5. The summed E-state index contributed by atoms with van der Waals surface area (Å²) in [5, 5.41) is 3.36. The molecule has 4 nitrogen and oxygen atoms in total. The maximum atomic E-state index is 12.9. The van der Waals surface area contributed by atoms with Crippen LogP contribution in [-0.2, 0) is 4.79 Å². The van der Waals surface area contributed by atoms with Crippen molar-refractivity contribution in [3.8, 4) is 0 Å². The predicted octanol–water partition coefficient (Wildman–Crippen LogP) is 3.49. The summed E-state index contributed by atoms with van der Waals surface area (Å²) in [5.74, 6) is -0.0244. The van der Waals surface area contributed by atoms with Crippen molar-refractivity contribution < 1.29 is 4.79 Å². The predicted molar refractivity (Wildman–Crippen MR) is 96.6 cm³/mol. The lowest BCUT2D eigenvalue weighted by Crippen LogP contribution is -2.49. The Labute approximate surface area is 151 Å². The molecule has 2 aromatic heterocycles. The summed E-state index contributed by atoms with van der Waals surface area (Å²) < 4.78 is 0.721. The van der Waals surface area contributed by atoms with E-state index in [2.05, 4.69) is 10.3 Å². The van der Waals surface area contributed by atoms with E-state index in [0.717, 1.165) is 27.9 Å². The van der Waals surface area contributed by atoms with Crippen molar-refractivity contribution in [2.75, 3.05) is 19.6 Å². The van der Waals surface area contributed by atoms with Crippen molar-refractivity contribution in [2.45, 2.75) is 18.9 Å². The van der Waals surface area contributed by atoms with E-state index in [-0.39, 0.29) is 30.3 Å². The van der Waals surface area contributed by atoms with E-state index >= 15 is 0 Å². The van der Waals surface area contributed by atoms with Crippen LogP contribution >= 0.6 is 35.3 Å². The Morgan fingerprint density at radius 1 is 1.48 bits per heavy atom. The molecular formula is C16H19Cl2N3OS. The molecule has 1 N–H and O–H groups in total. The van der Waals surface area contributed by atoms with Crippen LogP contribution in [0.25, 0.3) is 0 Å². The fourth-order valence-electron chi connectivity index (χ4n) is 2.77. The lowest BCUT2D eigenvalue weighted by Gasteiger charge is -2.37. The van der Waals surface area contributed by atoms with Gasteiger partial charge in [-0.3, -0.25) is 9.78 Å². The van der Waals surface area contributed by atoms with Gasteiger partial charge in [-0.25, -0.2) is 0 Å². The van der Waals surface area contributed by atoms with Gasteiger partial charge in [0.25, 0.3) is 0 Å². The third kappa shape index (κ3) is 4.04. The van der Waals surface area contributed by atoms with Crippen LogP contribution in [-0.4, -0.2) is 35.4 Å². The smallest absolute Gasteiger partial charge is 0.231 e. The Kier molecular flexibility index (Phi) is 6.41. The molecule has 2 atom stereocenters. The zero-order chi connectivity index (χ0) is 15.5. The lowest BCUT2D eigenvalue weighted by atomic mass is 10.0. The molecule has 0 aromatic carbocycles. The molecule has 3 heterocycles. The summed E-state index contributed by atoms with van der Waals surface area (Å²) in [6.07, 6.45) is 3.59. The van der Waals surface area contributed by atoms with Crippen molar-refractivity contribution >= 4 is 41.3 Å². The van der Waals surface area contributed by atoms with Crippen LogP contribution in [0.5, 0.6) is 0 Å². The minimum atomic E-state index is -0.172. The number of amides is 1. The molecule has 1 saturated heterocycles. The third-order valence-electron chi connectivity index (χ3n) is 3.99. The highest BCUT2D eigenvalue weighted by Gasteiger charge is 2.31. The quantitative estimate of drug-likeness (QED) is 0.897. The number of nitrogens with zero attached hydrogens (tertiary/aromatic N) is 2. The van der Waals surface area contributed by atoms with E-state index in [9.17, 15) is 4.79 Å². The van der Waals surface area contributed by atoms with Crippen LogP contribution < -0.4 is 5.32 Å². The van der Waals surface area contributed by atoms with Crippen LogP contribution in [0, 0.1) is 0 Å². The van der Waals surface area contributed by atoms with E-state index < -0.39 is 0 Å². The van der Waals surface area contributed by atoms with Gasteiger partial charge < -0.3 is 10.2 Å². The Balaban J connectivity index is 0.00000192. The molecule has 124 valence electrons. The van der Waals surface area contributed by atoms with Gasteiger partial charge in [0.2, 0.25) is 5.91 Å². The van der Waals surface area contributed by atoms with Crippen molar-refractivity contribution in [1.82, 2.24) is 15.2 Å². The Hall–Kier alpha value is -1.14. The van der Waals surface area contributed by atoms with Crippen molar-refractivity contribution in [2.24, 2.45) is 0 Å². The topological polar surface area (TPSA) is 45.2 Å². The second-order valence-corrected chi connectivity index (χ2v) is 7.15. The Bertz CT molecular complexity index is 650. The van der Waals surface area contributed by atoms with Crippen molar-refractivity contribution in [3.05, 3.63) is 51.4 Å². The average Bonchev–Trinajstić information content (AvgIpc) is 3.01. The molecule has 2 aromatic rings. The molecule has 0 bridgehead atoms. The van der Waals surface area contributed by atoms with Crippen molar-refractivity contribution in [3.63, 3.8) is 0 Å². The van der Waals surface area contributed by atoms with Crippen LogP contribution in [0.15, 0.2) is 36.7 Å². The molecule has 0 spiro atoms. The first-order chi connectivity index (χ1) is 10.7. The molecule has 0 saturated carbocycles. The molecule has 1 aliphatic rings. The minimum Gasteiger partial charge on any atom is -0.332 e. The van der Waals surface area contributed by atoms with Gasteiger partial charge in [0.15, 0.2) is 0 Å². The summed E-state index contributed by atoms with van der Waals surface area (Å²) in [6, 6.07) is 7.76. The van der Waals surface area contributed by atoms with Crippen LogP contribution in [0.2, 0.25) is 4.34 Å².